The molecule has 18 heavy (non-hydrogen) atoms. The van der Waals surface area contributed by atoms with Crippen molar-refractivity contribution in [2.45, 2.75) is 84.0 Å². The molecule has 1 aliphatic carbocycles. The molecule has 4 heteroatoms. The Morgan fingerprint density at radius 3 is 2.56 bits per heavy atom. The third-order valence-electron chi connectivity index (χ3n) is 3.82. The molecule has 0 heterocycles. The van der Waals surface area contributed by atoms with Gasteiger partial charge in [-0.15, -0.1) is 0 Å². The highest BCUT2D eigenvalue weighted by Gasteiger charge is 2.29. The number of rotatable bonds is 5. The third-order valence-corrected chi connectivity index (χ3v) is 3.82. The molecule has 108 valence electrons. The number of halogens is 3. The summed E-state index contributed by atoms with van der Waals surface area (Å²) < 4.78 is 36.1. The highest BCUT2D eigenvalue weighted by Crippen LogP contribution is 2.35. The van der Waals surface area contributed by atoms with Gasteiger partial charge in [0.1, 0.15) is 0 Å². The lowest BCUT2D eigenvalue weighted by molar-refractivity contribution is -0.135. The molecular formula is C14H26F3N. The van der Waals surface area contributed by atoms with Crippen LogP contribution in [0.5, 0.6) is 0 Å². The molecule has 0 spiro atoms. The first-order valence-corrected chi connectivity index (χ1v) is 7.01. The zero-order valence-corrected chi connectivity index (χ0v) is 11.7. The van der Waals surface area contributed by atoms with Gasteiger partial charge >= 0.3 is 6.18 Å². The highest BCUT2D eigenvalue weighted by atomic mass is 19.4. The Hall–Kier alpha value is -0.250. The van der Waals surface area contributed by atoms with Crippen LogP contribution in [-0.4, -0.2) is 18.3 Å². The van der Waals surface area contributed by atoms with E-state index in [1.54, 1.807) is 0 Å². The van der Waals surface area contributed by atoms with Crippen LogP contribution in [-0.2, 0) is 0 Å². The Morgan fingerprint density at radius 1 is 1.33 bits per heavy atom. The maximum absolute atomic E-state index is 12.0. The SMILES string of the molecule is CC(CCCC(F)(F)F)NC1CCCC(C)(C)C1. The van der Waals surface area contributed by atoms with Gasteiger partial charge in [0.25, 0.3) is 0 Å². The number of hydrogen-bond donors (Lipinski definition) is 1. The first-order valence-electron chi connectivity index (χ1n) is 7.01. The summed E-state index contributed by atoms with van der Waals surface area (Å²) in [6.45, 7) is 6.54. The molecule has 1 aliphatic rings. The summed E-state index contributed by atoms with van der Waals surface area (Å²) in [6.07, 6.45) is 0.948. The molecule has 2 unspecified atom stereocenters. The Bertz CT molecular complexity index is 248. The predicted molar refractivity (Wildman–Crippen MR) is 68.5 cm³/mol. The minimum Gasteiger partial charge on any atom is -0.311 e. The Labute approximate surface area is 109 Å². The largest absolute Gasteiger partial charge is 0.389 e. The topological polar surface area (TPSA) is 12.0 Å². The lowest BCUT2D eigenvalue weighted by Crippen LogP contribution is -2.41. The van der Waals surface area contributed by atoms with Crippen molar-refractivity contribution in [1.82, 2.24) is 5.32 Å². The van der Waals surface area contributed by atoms with E-state index in [2.05, 4.69) is 19.2 Å². The Kier molecular flexibility index (Phi) is 5.50. The number of hydrogen-bond acceptors (Lipinski definition) is 1. The first-order chi connectivity index (χ1) is 8.18. The van der Waals surface area contributed by atoms with Gasteiger partial charge in [-0.2, -0.15) is 13.2 Å². The van der Waals surface area contributed by atoms with E-state index >= 15 is 0 Å². The minimum atomic E-state index is -4.01. The second-order valence-electron chi connectivity index (χ2n) is 6.53. The number of alkyl halides is 3. The van der Waals surface area contributed by atoms with Crippen molar-refractivity contribution in [2.24, 2.45) is 5.41 Å². The van der Waals surface area contributed by atoms with Crippen LogP contribution >= 0.6 is 0 Å². The smallest absolute Gasteiger partial charge is 0.311 e. The summed E-state index contributed by atoms with van der Waals surface area (Å²) >= 11 is 0. The molecule has 0 radical (unpaired) electrons. The van der Waals surface area contributed by atoms with E-state index in [9.17, 15) is 13.2 Å². The van der Waals surface area contributed by atoms with Crippen molar-refractivity contribution >= 4 is 0 Å². The Morgan fingerprint density at radius 2 is 2.00 bits per heavy atom. The van der Waals surface area contributed by atoms with Crippen molar-refractivity contribution in [3.8, 4) is 0 Å². The Balaban J connectivity index is 2.21. The maximum atomic E-state index is 12.0. The quantitative estimate of drug-likeness (QED) is 0.762. The summed E-state index contributed by atoms with van der Waals surface area (Å²) in [5.74, 6) is 0. The second kappa shape index (κ2) is 6.27. The summed E-state index contributed by atoms with van der Waals surface area (Å²) in [7, 11) is 0. The van der Waals surface area contributed by atoms with Gasteiger partial charge in [-0.1, -0.05) is 20.3 Å². The van der Waals surface area contributed by atoms with Gasteiger partial charge in [0.15, 0.2) is 0 Å². The van der Waals surface area contributed by atoms with E-state index in [0.29, 0.717) is 17.9 Å². The molecule has 0 aromatic carbocycles. The molecule has 0 aromatic heterocycles. The fourth-order valence-corrected chi connectivity index (χ4v) is 2.93. The summed E-state index contributed by atoms with van der Waals surface area (Å²) in [5, 5.41) is 3.49. The van der Waals surface area contributed by atoms with Crippen LogP contribution in [0.2, 0.25) is 0 Å². The fourth-order valence-electron chi connectivity index (χ4n) is 2.93. The van der Waals surface area contributed by atoms with Crippen LogP contribution < -0.4 is 5.32 Å². The van der Waals surface area contributed by atoms with Crippen molar-refractivity contribution < 1.29 is 13.2 Å². The average molecular weight is 265 g/mol. The molecule has 2 atom stereocenters. The first kappa shape index (κ1) is 15.8. The summed E-state index contributed by atoms with van der Waals surface area (Å²) in [5.41, 5.74) is 0.377. The van der Waals surface area contributed by atoms with E-state index in [0.717, 1.165) is 12.8 Å². The van der Waals surface area contributed by atoms with Gasteiger partial charge in [-0.25, -0.2) is 0 Å². The molecule has 1 N–H and O–H groups in total. The molecule has 1 fully saturated rings. The summed E-state index contributed by atoms with van der Waals surface area (Å²) in [4.78, 5) is 0. The average Bonchev–Trinajstić information content (AvgIpc) is 2.13. The molecule has 1 rings (SSSR count). The van der Waals surface area contributed by atoms with Gasteiger partial charge in [0.2, 0.25) is 0 Å². The van der Waals surface area contributed by atoms with Crippen molar-refractivity contribution in [2.75, 3.05) is 0 Å². The molecule has 0 bridgehead atoms. The van der Waals surface area contributed by atoms with Crippen LogP contribution in [0.1, 0.15) is 65.7 Å². The van der Waals surface area contributed by atoms with Gasteiger partial charge in [-0.05, 0) is 44.4 Å². The van der Waals surface area contributed by atoms with Gasteiger partial charge < -0.3 is 5.32 Å². The molecule has 1 nitrogen and oxygen atoms in total. The van der Waals surface area contributed by atoms with Gasteiger partial charge in [0, 0.05) is 18.5 Å². The maximum Gasteiger partial charge on any atom is 0.389 e. The molecule has 1 saturated carbocycles. The second-order valence-corrected chi connectivity index (χ2v) is 6.53. The van der Waals surface area contributed by atoms with Crippen molar-refractivity contribution in [1.29, 1.82) is 0 Å². The van der Waals surface area contributed by atoms with Crippen LogP contribution in [0.25, 0.3) is 0 Å². The van der Waals surface area contributed by atoms with E-state index in [4.69, 9.17) is 0 Å². The van der Waals surface area contributed by atoms with Gasteiger partial charge in [-0.3, -0.25) is 0 Å². The zero-order chi connectivity index (χ0) is 13.8. The minimum absolute atomic E-state index is 0.186. The monoisotopic (exact) mass is 265 g/mol. The van der Waals surface area contributed by atoms with Crippen LogP contribution in [0.3, 0.4) is 0 Å². The van der Waals surface area contributed by atoms with E-state index in [1.807, 2.05) is 6.92 Å². The molecule has 0 aliphatic heterocycles. The van der Waals surface area contributed by atoms with Gasteiger partial charge in [0.05, 0.1) is 0 Å². The lowest BCUT2D eigenvalue weighted by Gasteiger charge is -2.37. The normalized spacial score (nSPS) is 26.0. The predicted octanol–water partition coefficient (Wildman–Crippen LogP) is 4.67. The summed E-state index contributed by atoms with van der Waals surface area (Å²) in [6, 6.07) is 0.667. The van der Waals surface area contributed by atoms with Crippen LogP contribution in [0.4, 0.5) is 13.2 Å². The van der Waals surface area contributed by atoms with E-state index < -0.39 is 12.6 Å². The van der Waals surface area contributed by atoms with E-state index in [-0.39, 0.29) is 12.5 Å². The molecule has 0 amide bonds. The fraction of sp³-hybridized carbons (Fsp3) is 1.00. The van der Waals surface area contributed by atoms with Crippen molar-refractivity contribution in [3.63, 3.8) is 0 Å². The molecule has 0 aromatic rings. The molecular weight excluding hydrogens is 239 g/mol. The van der Waals surface area contributed by atoms with Crippen LogP contribution in [0, 0.1) is 5.41 Å². The zero-order valence-electron chi connectivity index (χ0n) is 11.7. The number of nitrogens with one attached hydrogen (secondary N) is 1. The van der Waals surface area contributed by atoms with Crippen LogP contribution in [0.15, 0.2) is 0 Å². The highest BCUT2D eigenvalue weighted by molar-refractivity contribution is 4.84. The standard InChI is InChI=1S/C14H26F3N/c1-11(6-4-9-14(15,16)17)18-12-7-5-8-13(2,3)10-12/h11-12,18H,4-10H2,1-3H3. The molecule has 0 saturated heterocycles. The lowest BCUT2D eigenvalue weighted by atomic mass is 9.75. The van der Waals surface area contributed by atoms with Crippen molar-refractivity contribution in [3.05, 3.63) is 0 Å². The third kappa shape index (κ3) is 6.62. The van der Waals surface area contributed by atoms with E-state index in [1.165, 1.54) is 12.8 Å².